The lowest BCUT2D eigenvalue weighted by Gasteiger charge is -2.56. The van der Waals surface area contributed by atoms with Crippen LogP contribution in [0.2, 0.25) is 0 Å². The number of ketones is 1. The van der Waals surface area contributed by atoms with Gasteiger partial charge < -0.3 is 19.1 Å². The van der Waals surface area contributed by atoms with Crippen LogP contribution >= 0.6 is 0 Å². The van der Waals surface area contributed by atoms with Gasteiger partial charge in [-0.2, -0.15) is 0 Å². The van der Waals surface area contributed by atoms with Crippen LogP contribution in [0.1, 0.15) is 76.3 Å². The van der Waals surface area contributed by atoms with Gasteiger partial charge in [-0.25, -0.2) is 4.79 Å². The van der Waals surface area contributed by atoms with Crippen molar-refractivity contribution in [1.82, 2.24) is 9.80 Å². The standard InChI is InChI=1S/C43H50N4O6/c1-7-24-23-47-17-14-42-29-20-33(48)26(19-31(29)44-43(42,47)12-10-25(24)35(42)38(50)53-6)27-18-30-32(21-34(27)51-4)45(3)36-28(37(49)52-5)22-40(8-2)11-9-15-46-16-13-41(30,36)39(40)46/h7,18-21,25,35,39H,8-17,22-23H2,1-6H3/b24-7+. The highest BCUT2D eigenvalue weighted by Gasteiger charge is 2.75. The van der Waals surface area contributed by atoms with E-state index in [2.05, 4.69) is 53.8 Å². The molecule has 1 aromatic rings. The fourth-order valence-corrected chi connectivity index (χ4v) is 13.9. The number of aliphatic imine (C=N–C) groups is 1. The molecule has 8 unspecified atom stereocenters. The van der Waals surface area contributed by atoms with Crippen LogP contribution in [0.15, 0.2) is 57.8 Å². The molecule has 1 aromatic carbocycles. The zero-order valence-corrected chi connectivity index (χ0v) is 31.8. The maximum absolute atomic E-state index is 14.7. The molecular formula is C43H50N4O6. The summed E-state index contributed by atoms with van der Waals surface area (Å²) in [6, 6.07) is 4.52. The molecule has 0 amide bonds. The Labute approximate surface area is 311 Å². The number of hydrogen-bond donors (Lipinski definition) is 0. The molecule has 10 aliphatic rings. The molecule has 53 heavy (non-hydrogen) atoms. The Bertz CT molecular complexity index is 2080. The van der Waals surface area contributed by atoms with Crippen molar-refractivity contribution in [3.63, 3.8) is 0 Å². The van der Waals surface area contributed by atoms with E-state index in [-0.39, 0.29) is 35.1 Å². The molecule has 0 radical (unpaired) electrons. The summed E-state index contributed by atoms with van der Waals surface area (Å²) in [5.41, 5.74) is 6.62. The number of esters is 2. The summed E-state index contributed by atoms with van der Waals surface area (Å²) in [5.74, 6) is -0.273. The van der Waals surface area contributed by atoms with Gasteiger partial charge in [-0.3, -0.25) is 24.4 Å². The number of nitrogens with zero attached hydrogens (tertiary/aromatic N) is 4. The maximum Gasteiger partial charge on any atom is 0.335 e. The number of benzene rings is 1. The molecule has 8 atom stereocenters. The van der Waals surface area contributed by atoms with Crippen molar-refractivity contribution in [2.75, 3.05) is 59.5 Å². The van der Waals surface area contributed by atoms with Crippen LogP contribution in [0.25, 0.3) is 5.57 Å². The predicted molar refractivity (Wildman–Crippen MR) is 201 cm³/mol. The highest BCUT2D eigenvalue weighted by molar-refractivity contribution is 6.37. The molecular weight excluding hydrogens is 668 g/mol. The largest absolute Gasteiger partial charge is 0.496 e. The number of fused-ring (bicyclic) bond motifs is 4. The number of carbonyl (C=O) groups excluding carboxylic acids is 3. The molecule has 10 nitrogen and oxygen atoms in total. The topological polar surface area (TPSA) is 101 Å². The Balaban J connectivity index is 1.16. The van der Waals surface area contributed by atoms with Gasteiger partial charge in [0.2, 0.25) is 0 Å². The zero-order valence-electron chi connectivity index (χ0n) is 31.8. The van der Waals surface area contributed by atoms with E-state index in [1.165, 1.54) is 19.8 Å². The van der Waals surface area contributed by atoms with Crippen LogP contribution in [-0.2, 0) is 29.3 Å². The second-order valence-electron chi connectivity index (χ2n) is 17.0. The number of likely N-dealkylation sites (N-methyl/N-ethyl adjacent to an activating group) is 1. The highest BCUT2D eigenvalue weighted by Crippen LogP contribution is 2.71. The zero-order chi connectivity index (χ0) is 36.8. The molecule has 7 heterocycles. The lowest BCUT2D eigenvalue weighted by Crippen LogP contribution is -2.60. The third-order valence-corrected chi connectivity index (χ3v) is 15.8. The quantitative estimate of drug-likeness (QED) is 0.226. The average molecular weight is 719 g/mol. The van der Waals surface area contributed by atoms with E-state index in [9.17, 15) is 14.4 Å². The van der Waals surface area contributed by atoms with E-state index in [0.717, 1.165) is 110 Å². The Morgan fingerprint density at radius 3 is 2.60 bits per heavy atom. The third-order valence-electron chi connectivity index (χ3n) is 15.8. The number of carbonyl (C=O) groups is 3. The van der Waals surface area contributed by atoms with E-state index in [1.54, 1.807) is 13.2 Å². The van der Waals surface area contributed by atoms with Gasteiger partial charge >= 0.3 is 11.9 Å². The SMILES string of the molecule is C/C=C1\CN2CCC34C5=CC(=O)C(c6cc7c(cc6OC)N(C)C6=C(C(=O)OC)CC8(CC)CCCN9CCC67C98)=CC5=NC23CCC1C4C(=O)OC. The van der Waals surface area contributed by atoms with Crippen LogP contribution in [-0.4, -0.2) is 99.5 Å². The summed E-state index contributed by atoms with van der Waals surface area (Å²) >= 11 is 0. The smallest absolute Gasteiger partial charge is 0.335 e. The number of piperidine rings is 1. The number of methoxy groups -OCH3 is 3. The molecule has 10 heteroatoms. The molecule has 5 saturated heterocycles. The second-order valence-corrected chi connectivity index (χ2v) is 17.0. The number of ether oxygens (including phenoxy) is 3. The van der Waals surface area contributed by atoms with E-state index < -0.39 is 22.4 Å². The van der Waals surface area contributed by atoms with Crippen molar-refractivity contribution in [1.29, 1.82) is 0 Å². The van der Waals surface area contributed by atoms with Gasteiger partial charge in [0.05, 0.1) is 49.4 Å². The molecule has 3 aliphatic carbocycles. The first-order valence-corrected chi connectivity index (χ1v) is 19.7. The summed E-state index contributed by atoms with van der Waals surface area (Å²) in [6.45, 7) is 7.97. The fourth-order valence-electron chi connectivity index (χ4n) is 13.9. The number of allylic oxidation sites excluding steroid dienone is 4. The van der Waals surface area contributed by atoms with Gasteiger partial charge in [0, 0.05) is 54.8 Å². The van der Waals surface area contributed by atoms with Gasteiger partial charge in [-0.1, -0.05) is 18.6 Å². The Kier molecular flexibility index (Phi) is 6.98. The van der Waals surface area contributed by atoms with Crippen LogP contribution in [0.5, 0.6) is 5.75 Å². The van der Waals surface area contributed by atoms with Gasteiger partial charge in [0.25, 0.3) is 0 Å². The molecule has 6 fully saturated rings. The molecule has 278 valence electrons. The summed E-state index contributed by atoms with van der Waals surface area (Å²) < 4.78 is 17.2. The normalized spacial score (nSPS) is 39.4. The summed E-state index contributed by atoms with van der Waals surface area (Å²) in [5, 5.41) is 0. The van der Waals surface area contributed by atoms with Crippen LogP contribution in [0.4, 0.5) is 5.69 Å². The molecule has 0 aromatic heterocycles. The molecule has 2 spiro atoms. The van der Waals surface area contributed by atoms with Gasteiger partial charge in [0.1, 0.15) is 11.4 Å². The fraction of sp³-hybridized carbons (Fsp3) is 0.581. The Morgan fingerprint density at radius 2 is 1.87 bits per heavy atom. The van der Waals surface area contributed by atoms with Gasteiger partial charge in [0.15, 0.2) is 5.78 Å². The molecule has 11 rings (SSSR count). The monoisotopic (exact) mass is 718 g/mol. The van der Waals surface area contributed by atoms with Crippen LogP contribution < -0.4 is 9.64 Å². The Hall–Kier alpha value is -4.02. The lowest BCUT2D eigenvalue weighted by molar-refractivity contribution is -0.156. The van der Waals surface area contributed by atoms with Crippen LogP contribution in [0, 0.1) is 22.7 Å². The van der Waals surface area contributed by atoms with Crippen molar-refractivity contribution >= 4 is 34.7 Å². The van der Waals surface area contributed by atoms with E-state index in [0.29, 0.717) is 17.7 Å². The molecule has 7 aliphatic heterocycles. The molecule has 1 saturated carbocycles. The van der Waals surface area contributed by atoms with Gasteiger partial charge in [-0.15, -0.1) is 0 Å². The average Bonchev–Trinajstić information content (AvgIpc) is 3.83. The van der Waals surface area contributed by atoms with Crippen molar-refractivity contribution in [2.45, 2.75) is 82.3 Å². The van der Waals surface area contributed by atoms with Crippen molar-refractivity contribution in [3.05, 3.63) is 63.9 Å². The highest BCUT2D eigenvalue weighted by atomic mass is 16.5. The summed E-state index contributed by atoms with van der Waals surface area (Å²) in [6.07, 6.45) is 13.2. The van der Waals surface area contributed by atoms with Crippen molar-refractivity contribution in [2.24, 2.45) is 27.7 Å². The van der Waals surface area contributed by atoms with Crippen molar-refractivity contribution in [3.8, 4) is 5.75 Å². The van der Waals surface area contributed by atoms with Crippen LogP contribution in [0.3, 0.4) is 0 Å². The lowest BCUT2D eigenvalue weighted by atomic mass is 9.53. The predicted octanol–water partition coefficient (Wildman–Crippen LogP) is 5.37. The van der Waals surface area contributed by atoms with Gasteiger partial charge in [-0.05, 0) is 112 Å². The minimum Gasteiger partial charge on any atom is -0.496 e. The minimum atomic E-state index is -0.617. The van der Waals surface area contributed by atoms with E-state index in [1.807, 2.05) is 6.08 Å². The first kappa shape index (κ1) is 33.5. The third kappa shape index (κ3) is 3.73. The summed E-state index contributed by atoms with van der Waals surface area (Å²) in [4.78, 5) is 55.2. The summed E-state index contributed by atoms with van der Waals surface area (Å²) in [7, 11) is 6.71. The van der Waals surface area contributed by atoms with E-state index in [4.69, 9.17) is 19.2 Å². The van der Waals surface area contributed by atoms with Crippen molar-refractivity contribution < 1.29 is 28.6 Å². The number of rotatable bonds is 5. The second kappa shape index (κ2) is 11.0. The number of hydrogen-bond acceptors (Lipinski definition) is 10. The minimum absolute atomic E-state index is 0.0507. The molecule has 0 N–H and O–H groups in total. The molecule has 4 bridgehead atoms. The maximum atomic E-state index is 14.7. The number of anilines is 1. The van der Waals surface area contributed by atoms with E-state index >= 15 is 0 Å². The Morgan fingerprint density at radius 1 is 1.04 bits per heavy atom. The first-order chi connectivity index (χ1) is 25.6. The first-order valence-electron chi connectivity index (χ1n) is 19.7.